The van der Waals surface area contributed by atoms with E-state index in [0.29, 0.717) is 5.92 Å². The number of benzene rings is 1. The van der Waals surface area contributed by atoms with Gasteiger partial charge < -0.3 is 14.8 Å². The van der Waals surface area contributed by atoms with Gasteiger partial charge in [0.25, 0.3) is 0 Å². The predicted molar refractivity (Wildman–Crippen MR) is 75.5 cm³/mol. The molecule has 1 aromatic rings. The number of rotatable bonds is 8. The van der Waals surface area contributed by atoms with Crippen LogP contribution < -0.4 is 10.1 Å². The van der Waals surface area contributed by atoms with Crippen LogP contribution in [0.3, 0.4) is 0 Å². The Balaban J connectivity index is 2.58. The second-order valence-electron chi connectivity index (χ2n) is 4.72. The molecule has 0 bridgehead atoms. The quantitative estimate of drug-likeness (QED) is 0.720. The van der Waals surface area contributed by atoms with Crippen molar-refractivity contribution in [2.75, 3.05) is 33.9 Å². The highest BCUT2D eigenvalue weighted by atomic mass is 16.5. The predicted octanol–water partition coefficient (Wildman–Crippen LogP) is 2.60. The summed E-state index contributed by atoms with van der Waals surface area (Å²) < 4.78 is 10.4. The molecule has 0 radical (unpaired) electrons. The van der Waals surface area contributed by atoms with Crippen molar-refractivity contribution in [2.45, 2.75) is 26.2 Å². The van der Waals surface area contributed by atoms with Crippen LogP contribution in [0.4, 0.5) is 0 Å². The average Bonchev–Trinajstić information content (AvgIpc) is 2.38. The molecule has 3 heteroatoms. The van der Waals surface area contributed by atoms with Gasteiger partial charge in [0, 0.05) is 13.7 Å². The van der Waals surface area contributed by atoms with Gasteiger partial charge >= 0.3 is 0 Å². The van der Waals surface area contributed by atoms with Gasteiger partial charge in [0.2, 0.25) is 0 Å². The van der Waals surface area contributed by atoms with Crippen LogP contribution in [0.1, 0.15) is 30.9 Å². The standard InChI is InChI=1S/C15H25NO2/c1-12(2)13-5-6-15(18-4)14(11-13)7-8-16-9-10-17-3/h5-6,11-12,16H,7-10H2,1-4H3. The highest BCUT2D eigenvalue weighted by Crippen LogP contribution is 2.24. The smallest absolute Gasteiger partial charge is 0.122 e. The van der Waals surface area contributed by atoms with Crippen LogP contribution in [-0.2, 0) is 11.2 Å². The number of ether oxygens (including phenoxy) is 2. The van der Waals surface area contributed by atoms with Gasteiger partial charge in [0.05, 0.1) is 13.7 Å². The van der Waals surface area contributed by atoms with E-state index in [9.17, 15) is 0 Å². The Kier molecular flexibility index (Phi) is 6.76. The minimum absolute atomic E-state index is 0.552. The van der Waals surface area contributed by atoms with Gasteiger partial charge in [0.1, 0.15) is 5.75 Å². The summed E-state index contributed by atoms with van der Waals surface area (Å²) in [6.45, 7) is 7.01. The molecule has 18 heavy (non-hydrogen) atoms. The molecule has 0 atom stereocenters. The molecule has 0 aliphatic rings. The zero-order chi connectivity index (χ0) is 13.4. The third-order valence-electron chi connectivity index (χ3n) is 3.03. The third kappa shape index (κ3) is 4.67. The van der Waals surface area contributed by atoms with E-state index in [1.54, 1.807) is 14.2 Å². The molecule has 1 N–H and O–H groups in total. The van der Waals surface area contributed by atoms with Gasteiger partial charge in [0.15, 0.2) is 0 Å². The van der Waals surface area contributed by atoms with Crippen molar-refractivity contribution in [1.29, 1.82) is 0 Å². The van der Waals surface area contributed by atoms with Crippen molar-refractivity contribution in [3.8, 4) is 5.75 Å². The summed E-state index contributed by atoms with van der Waals surface area (Å²) in [5.41, 5.74) is 2.64. The molecule has 1 rings (SSSR count). The average molecular weight is 251 g/mol. The summed E-state index contributed by atoms with van der Waals surface area (Å²) in [5, 5.41) is 3.35. The lowest BCUT2D eigenvalue weighted by atomic mass is 9.99. The summed E-state index contributed by atoms with van der Waals surface area (Å²) in [6, 6.07) is 6.46. The fraction of sp³-hybridized carbons (Fsp3) is 0.600. The maximum absolute atomic E-state index is 5.41. The van der Waals surface area contributed by atoms with Crippen LogP contribution in [0.5, 0.6) is 5.75 Å². The minimum Gasteiger partial charge on any atom is -0.496 e. The van der Waals surface area contributed by atoms with E-state index in [2.05, 4.69) is 37.4 Å². The Morgan fingerprint density at radius 3 is 2.56 bits per heavy atom. The minimum atomic E-state index is 0.552. The first kappa shape index (κ1) is 15.0. The van der Waals surface area contributed by atoms with Crippen molar-refractivity contribution in [1.82, 2.24) is 5.32 Å². The van der Waals surface area contributed by atoms with Gasteiger partial charge in [-0.1, -0.05) is 26.0 Å². The van der Waals surface area contributed by atoms with Crippen LogP contribution in [0.2, 0.25) is 0 Å². The number of hydrogen-bond acceptors (Lipinski definition) is 3. The molecular weight excluding hydrogens is 226 g/mol. The molecule has 0 amide bonds. The molecule has 0 fully saturated rings. The molecule has 0 saturated heterocycles. The van der Waals surface area contributed by atoms with Crippen LogP contribution in [-0.4, -0.2) is 33.9 Å². The van der Waals surface area contributed by atoms with Crippen LogP contribution >= 0.6 is 0 Å². The van der Waals surface area contributed by atoms with Gasteiger partial charge in [-0.25, -0.2) is 0 Å². The molecule has 0 saturated carbocycles. The molecular formula is C15H25NO2. The largest absolute Gasteiger partial charge is 0.496 e. The first-order valence-electron chi connectivity index (χ1n) is 6.55. The van der Waals surface area contributed by atoms with Crippen molar-refractivity contribution >= 4 is 0 Å². The van der Waals surface area contributed by atoms with E-state index in [4.69, 9.17) is 9.47 Å². The van der Waals surface area contributed by atoms with Crippen molar-refractivity contribution in [2.24, 2.45) is 0 Å². The van der Waals surface area contributed by atoms with Gasteiger partial charge in [-0.15, -0.1) is 0 Å². The van der Waals surface area contributed by atoms with Crippen LogP contribution in [0, 0.1) is 0 Å². The summed E-state index contributed by atoms with van der Waals surface area (Å²) in [5.74, 6) is 1.53. The van der Waals surface area contributed by atoms with Crippen molar-refractivity contribution in [3.05, 3.63) is 29.3 Å². The lowest BCUT2D eigenvalue weighted by Gasteiger charge is -2.13. The first-order chi connectivity index (χ1) is 8.69. The monoisotopic (exact) mass is 251 g/mol. The molecule has 0 aromatic heterocycles. The van der Waals surface area contributed by atoms with E-state index in [0.717, 1.165) is 31.9 Å². The third-order valence-corrected chi connectivity index (χ3v) is 3.03. The molecule has 0 aliphatic carbocycles. The zero-order valence-corrected chi connectivity index (χ0v) is 12.0. The molecule has 0 aliphatic heterocycles. The maximum Gasteiger partial charge on any atom is 0.122 e. The molecule has 0 spiro atoms. The normalized spacial score (nSPS) is 10.9. The van der Waals surface area contributed by atoms with Crippen molar-refractivity contribution in [3.63, 3.8) is 0 Å². The lowest BCUT2D eigenvalue weighted by Crippen LogP contribution is -2.21. The Bertz CT molecular complexity index is 350. The van der Waals surface area contributed by atoms with Crippen LogP contribution in [0.25, 0.3) is 0 Å². The zero-order valence-electron chi connectivity index (χ0n) is 12.0. The van der Waals surface area contributed by atoms with E-state index in [-0.39, 0.29) is 0 Å². The Morgan fingerprint density at radius 2 is 1.94 bits per heavy atom. The van der Waals surface area contributed by atoms with Gasteiger partial charge in [-0.3, -0.25) is 0 Å². The van der Waals surface area contributed by atoms with Crippen molar-refractivity contribution < 1.29 is 9.47 Å². The Hall–Kier alpha value is -1.06. The summed E-state index contributed by atoms with van der Waals surface area (Å²) >= 11 is 0. The topological polar surface area (TPSA) is 30.5 Å². The van der Waals surface area contributed by atoms with E-state index >= 15 is 0 Å². The first-order valence-corrected chi connectivity index (χ1v) is 6.55. The fourth-order valence-electron chi connectivity index (χ4n) is 1.88. The lowest BCUT2D eigenvalue weighted by molar-refractivity contribution is 0.199. The summed E-state index contributed by atoms with van der Waals surface area (Å²) in [7, 11) is 3.45. The Morgan fingerprint density at radius 1 is 1.17 bits per heavy atom. The highest BCUT2D eigenvalue weighted by Gasteiger charge is 2.06. The highest BCUT2D eigenvalue weighted by molar-refractivity contribution is 5.38. The van der Waals surface area contributed by atoms with E-state index in [1.165, 1.54) is 11.1 Å². The van der Waals surface area contributed by atoms with E-state index in [1.807, 2.05) is 0 Å². The molecule has 3 nitrogen and oxygen atoms in total. The molecule has 102 valence electrons. The summed E-state index contributed by atoms with van der Waals surface area (Å²) in [6.07, 6.45) is 0.980. The second-order valence-corrected chi connectivity index (χ2v) is 4.72. The summed E-state index contributed by atoms with van der Waals surface area (Å²) in [4.78, 5) is 0. The van der Waals surface area contributed by atoms with E-state index < -0.39 is 0 Å². The number of hydrogen-bond donors (Lipinski definition) is 1. The fourth-order valence-corrected chi connectivity index (χ4v) is 1.88. The Labute approximate surface area is 110 Å². The molecule has 1 aromatic carbocycles. The second kappa shape index (κ2) is 8.11. The molecule has 0 unspecified atom stereocenters. The molecule has 0 heterocycles. The number of nitrogens with one attached hydrogen (secondary N) is 1. The van der Waals surface area contributed by atoms with Gasteiger partial charge in [-0.05, 0) is 36.1 Å². The SMILES string of the molecule is COCCNCCc1cc(C(C)C)ccc1OC. The van der Waals surface area contributed by atoms with Gasteiger partial charge in [-0.2, -0.15) is 0 Å². The maximum atomic E-state index is 5.41. The van der Waals surface area contributed by atoms with Crippen LogP contribution in [0.15, 0.2) is 18.2 Å². The number of methoxy groups -OCH3 is 2.